The fourth-order valence-corrected chi connectivity index (χ4v) is 5.41. The second-order valence-electron chi connectivity index (χ2n) is 6.99. The average Bonchev–Trinajstić information content (AvgIpc) is 3.26. The lowest BCUT2D eigenvalue weighted by atomic mass is 10.2. The van der Waals surface area contributed by atoms with E-state index >= 15 is 0 Å². The van der Waals surface area contributed by atoms with Crippen molar-refractivity contribution in [3.05, 3.63) is 59.1 Å². The maximum Gasteiger partial charge on any atom is 0.243 e. The van der Waals surface area contributed by atoms with Gasteiger partial charge in [0.15, 0.2) is 0 Å². The monoisotopic (exact) mass is 390 g/mol. The van der Waals surface area contributed by atoms with Crippen LogP contribution in [0.5, 0.6) is 0 Å². The molecule has 2 aliphatic rings. The summed E-state index contributed by atoms with van der Waals surface area (Å²) >= 11 is 5.87. The summed E-state index contributed by atoms with van der Waals surface area (Å²) in [5.74, 6) is 0.0896. The van der Waals surface area contributed by atoms with Gasteiger partial charge in [-0.1, -0.05) is 29.3 Å². The van der Waals surface area contributed by atoms with Crippen LogP contribution in [0.25, 0.3) is 0 Å². The van der Waals surface area contributed by atoms with Crippen LogP contribution in [0.4, 0.5) is 5.69 Å². The molecule has 3 atom stereocenters. The smallest absolute Gasteiger partial charge is 0.243 e. The Morgan fingerprint density at radius 1 is 1.12 bits per heavy atom. The maximum absolute atomic E-state index is 13.1. The van der Waals surface area contributed by atoms with Crippen molar-refractivity contribution in [2.24, 2.45) is 11.8 Å². The van der Waals surface area contributed by atoms with Gasteiger partial charge in [-0.25, -0.2) is 8.42 Å². The number of nitrogens with zero attached hydrogens (tertiary/aromatic N) is 1. The zero-order valence-electron chi connectivity index (χ0n) is 14.2. The predicted octanol–water partition coefficient (Wildman–Crippen LogP) is 3.30. The number of halogens is 1. The SMILES string of the molecule is Cc1ccc(S(=O)(=O)N2C[C@@H]3C[C@@H]3[C@H]2C(=O)Nc2ccc(Cl)cc2)cc1. The van der Waals surface area contributed by atoms with E-state index in [1.54, 1.807) is 48.5 Å². The van der Waals surface area contributed by atoms with Gasteiger partial charge in [0.2, 0.25) is 15.9 Å². The number of hydrogen-bond donors (Lipinski definition) is 1. The molecule has 0 unspecified atom stereocenters. The number of rotatable bonds is 4. The van der Waals surface area contributed by atoms with Crippen LogP contribution in [0.1, 0.15) is 12.0 Å². The van der Waals surface area contributed by atoms with Crippen LogP contribution in [-0.2, 0) is 14.8 Å². The summed E-state index contributed by atoms with van der Waals surface area (Å²) in [5.41, 5.74) is 1.60. The second-order valence-corrected chi connectivity index (χ2v) is 9.32. The lowest BCUT2D eigenvalue weighted by Gasteiger charge is -2.26. The first-order chi connectivity index (χ1) is 12.4. The van der Waals surface area contributed by atoms with Crippen molar-refractivity contribution >= 4 is 33.2 Å². The standard InChI is InChI=1S/C19H19ClN2O3S/c1-12-2-8-16(9-3-12)26(24,25)22-11-13-10-17(13)18(22)19(23)21-15-6-4-14(20)5-7-15/h2-9,13,17-18H,10-11H2,1H3,(H,21,23)/t13-,17-,18-/m0/s1. The molecule has 5 nitrogen and oxygen atoms in total. The fraction of sp³-hybridized carbons (Fsp3) is 0.316. The average molecular weight is 391 g/mol. The van der Waals surface area contributed by atoms with E-state index in [2.05, 4.69) is 5.32 Å². The molecule has 0 radical (unpaired) electrons. The molecule has 1 N–H and O–H groups in total. The van der Waals surface area contributed by atoms with Gasteiger partial charge in [0, 0.05) is 17.3 Å². The lowest BCUT2D eigenvalue weighted by molar-refractivity contribution is -0.119. The van der Waals surface area contributed by atoms with Gasteiger partial charge in [-0.05, 0) is 61.6 Å². The number of anilines is 1. The van der Waals surface area contributed by atoms with Crippen molar-refractivity contribution in [3.8, 4) is 0 Å². The molecule has 136 valence electrons. The number of carbonyl (C=O) groups is 1. The topological polar surface area (TPSA) is 66.5 Å². The zero-order valence-corrected chi connectivity index (χ0v) is 15.8. The third-order valence-corrected chi connectivity index (χ3v) is 7.23. The van der Waals surface area contributed by atoms with Gasteiger partial charge in [-0.15, -0.1) is 0 Å². The van der Waals surface area contributed by atoms with Gasteiger partial charge >= 0.3 is 0 Å². The Morgan fingerprint density at radius 2 is 1.77 bits per heavy atom. The molecule has 1 heterocycles. The molecular weight excluding hydrogens is 372 g/mol. The first-order valence-electron chi connectivity index (χ1n) is 8.51. The van der Waals surface area contributed by atoms with E-state index in [-0.39, 0.29) is 22.6 Å². The summed E-state index contributed by atoms with van der Waals surface area (Å²) in [6.45, 7) is 2.31. The Morgan fingerprint density at radius 3 is 2.42 bits per heavy atom. The first kappa shape index (κ1) is 17.5. The Kier molecular flexibility index (Phi) is 4.29. The lowest BCUT2D eigenvalue weighted by Crippen LogP contribution is -2.45. The zero-order chi connectivity index (χ0) is 18.5. The minimum Gasteiger partial charge on any atom is -0.325 e. The summed E-state index contributed by atoms with van der Waals surface area (Å²) in [6, 6.07) is 12.9. The van der Waals surface area contributed by atoms with Crippen LogP contribution in [0.2, 0.25) is 5.02 Å². The van der Waals surface area contributed by atoms with Gasteiger partial charge in [-0.3, -0.25) is 4.79 Å². The molecule has 26 heavy (non-hydrogen) atoms. The molecule has 0 spiro atoms. The van der Waals surface area contributed by atoms with Crippen molar-refractivity contribution in [1.82, 2.24) is 4.31 Å². The van der Waals surface area contributed by atoms with Crippen LogP contribution < -0.4 is 5.32 Å². The van der Waals surface area contributed by atoms with Crippen molar-refractivity contribution in [2.45, 2.75) is 24.3 Å². The highest BCUT2D eigenvalue weighted by Crippen LogP contribution is 2.51. The summed E-state index contributed by atoms with van der Waals surface area (Å²) in [5, 5.41) is 3.41. The van der Waals surface area contributed by atoms with Gasteiger partial charge in [-0.2, -0.15) is 4.31 Å². The molecule has 2 aromatic rings. The first-order valence-corrected chi connectivity index (χ1v) is 10.3. The summed E-state index contributed by atoms with van der Waals surface area (Å²) in [7, 11) is -3.70. The van der Waals surface area contributed by atoms with E-state index in [0.717, 1.165) is 12.0 Å². The number of aryl methyl sites for hydroxylation is 1. The molecule has 1 amide bonds. The fourth-order valence-electron chi connectivity index (χ4n) is 3.59. The molecule has 1 saturated carbocycles. The van der Waals surface area contributed by atoms with Gasteiger partial charge in [0.1, 0.15) is 6.04 Å². The quantitative estimate of drug-likeness (QED) is 0.871. The molecule has 0 aromatic heterocycles. The highest BCUT2D eigenvalue weighted by molar-refractivity contribution is 7.89. The van der Waals surface area contributed by atoms with E-state index in [1.165, 1.54) is 4.31 Å². The Hall–Kier alpha value is -1.89. The Balaban J connectivity index is 1.59. The van der Waals surface area contributed by atoms with Gasteiger partial charge in [0.25, 0.3) is 0 Å². The summed E-state index contributed by atoms with van der Waals surface area (Å²) in [4.78, 5) is 13.1. The Bertz CT molecular complexity index is 942. The molecule has 2 aromatic carbocycles. The van der Waals surface area contributed by atoms with E-state index in [1.807, 2.05) is 6.92 Å². The largest absolute Gasteiger partial charge is 0.325 e. The van der Waals surface area contributed by atoms with E-state index in [0.29, 0.717) is 17.3 Å². The molecule has 7 heteroatoms. The minimum atomic E-state index is -3.70. The number of benzene rings is 2. The molecule has 1 aliphatic carbocycles. The van der Waals surface area contributed by atoms with Crippen molar-refractivity contribution in [3.63, 3.8) is 0 Å². The second kappa shape index (κ2) is 6.37. The summed E-state index contributed by atoms with van der Waals surface area (Å²) < 4.78 is 27.5. The van der Waals surface area contributed by atoms with Crippen molar-refractivity contribution in [2.75, 3.05) is 11.9 Å². The van der Waals surface area contributed by atoms with Crippen molar-refractivity contribution in [1.29, 1.82) is 0 Å². The number of nitrogens with one attached hydrogen (secondary N) is 1. The predicted molar refractivity (Wildman–Crippen MR) is 101 cm³/mol. The van der Waals surface area contributed by atoms with E-state index in [4.69, 9.17) is 11.6 Å². The molecular formula is C19H19ClN2O3S. The molecule has 1 saturated heterocycles. The van der Waals surface area contributed by atoms with Gasteiger partial charge < -0.3 is 5.32 Å². The number of sulfonamides is 1. The number of amides is 1. The molecule has 0 bridgehead atoms. The number of fused-ring (bicyclic) bond motifs is 1. The van der Waals surface area contributed by atoms with E-state index in [9.17, 15) is 13.2 Å². The van der Waals surface area contributed by atoms with Crippen LogP contribution in [0, 0.1) is 18.8 Å². The molecule has 2 fully saturated rings. The Labute approximate surface area is 158 Å². The van der Waals surface area contributed by atoms with Crippen LogP contribution in [-0.4, -0.2) is 31.2 Å². The van der Waals surface area contributed by atoms with E-state index < -0.39 is 16.1 Å². The van der Waals surface area contributed by atoms with Crippen LogP contribution in [0.3, 0.4) is 0 Å². The normalized spacial score (nSPS) is 24.9. The number of hydrogen-bond acceptors (Lipinski definition) is 3. The minimum absolute atomic E-state index is 0.0996. The molecule has 1 aliphatic heterocycles. The van der Waals surface area contributed by atoms with Crippen molar-refractivity contribution < 1.29 is 13.2 Å². The highest BCUT2D eigenvalue weighted by Gasteiger charge is 2.58. The third-order valence-electron chi connectivity index (χ3n) is 5.12. The van der Waals surface area contributed by atoms with Crippen LogP contribution in [0.15, 0.2) is 53.4 Å². The number of piperidine rings is 1. The highest BCUT2D eigenvalue weighted by atomic mass is 35.5. The third kappa shape index (κ3) is 3.13. The van der Waals surface area contributed by atoms with Gasteiger partial charge in [0.05, 0.1) is 4.90 Å². The number of carbonyl (C=O) groups excluding carboxylic acids is 1. The maximum atomic E-state index is 13.1. The van der Waals surface area contributed by atoms with Crippen LogP contribution >= 0.6 is 11.6 Å². The molecule has 4 rings (SSSR count). The summed E-state index contributed by atoms with van der Waals surface area (Å²) in [6.07, 6.45) is 0.901.